The highest BCUT2D eigenvalue weighted by atomic mass is 16.3. The molecule has 8 nitrogen and oxygen atoms in total. The molecule has 1 fully saturated rings. The number of imide groups is 1. The molecule has 1 saturated carbocycles. The first-order valence-corrected chi connectivity index (χ1v) is 8.90. The van der Waals surface area contributed by atoms with Crippen LogP contribution in [0.3, 0.4) is 0 Å². The lowest BCUT2D eigenvalue weighted by Crippen LogP contribution is -2.43. The van der Waals surface area contributed by atoms with Crippen LogP contribution in [0.1, 0.15) is 39.6 Å². The van der Waals surface area contributed by atoms with Gasteiger partial charge in [-0.3, -0.25) is 28.4 Å². The average Bonchev–Trinajstić information content (AvgIpc) is 3.49. The number of fused-ring (bicyclic) bond motifs is 2. The molecule has 1 aromatic heterocycles. The van der Waals surface area contributed by atoms with Crippen molar-refractivity contribution in [1.82, 2.24) is 14.0 Å². The number of phenolic OH excluding ortho intramolecular Hbond substituents is 1. The largest absolute Gasteiger partial charge is 0.508 e. The number of rotatable bonds is 3. The molecule has 140 valence electrons. The maximum Gasteiger partial charge on any atom is 0.333 e. The Balaban J connectivity index is 1.70. The van der Waals surface area contributed by atoms with Gasteiger partial charge in [0.2, 0.25) is 0 Å². The molecule has 0 unspecified atom stereocenters. The number of hydrogen-bond donors (Lipinski definition) is 1. The third-order valence-electron chi connectivity index (χ3n) is 5.23. The average molecular weight is 377 g/mol. The fraction of sp³-hybridized carbons (Fsp3) is 0.200. The van der Waals surface area contributed by atoms with Gasteiger partial charge in [-0.1, -0.05) is 12.1 Å². The van der Waals surface area contributed by atoms with E-state index in [1.54, 1.807) is 24.3 Å². The number of nitrogens with zero attached hydrogens (tertiary/aromatic N) is 3. The summed E-state index contributed by atoms with van der Waals surface area (Å²) in [6.07, 6.45) is 1.43. The summed E-state index contributed by atoms with van der Waals surface area (Å²) in [6.45, 7) is -0.306. The molecule has 1 N–H and O–H groups in total. The van der Waals surface area contributed by atoms with Crippen molar-refractivity contribution in [2.24, 2.45) is 0 Å². The number of carbonyl (C=O) groups is 2. The number of benzene rings is 2. The molecule has 2 aromatic carbocycles. The molecule has 1 aliphatic heterocycles. The minimum Gasteiger partial charge on any atom is -0.508 e. The van der Waals surface area contributed by atoms with Crippen LogP contribution in [0.5, 0.6) is 5.75 Å². The van der Waals surface area contributed by atoms with E-state index in [4.69, 9.17) is 0 Å². The highest BCUT2D eigenvalue weighted by molar-refractivity contribution is 6.21. The third-order valence-corrected chi connectivity index (χ3v) is 5.23. The minimum atomic E-state index is -0.567. The van der Waals surface area contributed by atoms with Crippen LogP contribution >= 0.6 is 0 Å². The van der Waals surface area contributed by atoms with Gasteiger partial charge in [0.05, 0.1) is 22.0 Å². The Morgan fingerprint density at radius 1 is 0.929 bits per heavy atom. The Morgan fingerprint density at radius 3 is 2.18 bits per heavy atom. The van der Waals surface area contributed by atoms with Crippen molar-refractivity contribution in [2.75, 3.05) is 0 Å². The van der Waals surface area contributed by atoms with Crippen molar-refractivity contribution in [3.8, 4) is 5.75 Å². The molecule has 0 spiro atoms. The van der Waals surface area contributed by atoms with E-state index >= 15 is 0 Å². The summed E-state index contributed by atoms with van der Waals surface area (Å²) >= 11 is 0. The minimum absolute atomic E-state index is 0.0992. The molecule has 0 saturated heterocycles. The second kappa shape index (κ2) is 5.66. The fourth-order valence-electron chi connectivity index (χ4n) is 3.68. The van der Waals surface area contributed by atoms with Crippen LogP contribution < -0.4 is 11.2 Å². The maximum absolute atomic E-state index is 13.1. The predicted octanol–water partition coefficient (Wildman–Crippen LogP) is 1.46. The van der Waals surface area contributed by atoms with E-state index in [0.29, 0.717) is 12.8 Å². The Labute approximate surface area is 157 Å². The lowest BCUT2D eigenvalue weighted by atomic mass is 10.1. The summed E-state index contributed by atoms with van der Waals surface area (Å²) < 4.78 is 2.40. The van der Waals surface area contributed by atoms with Gasteiger partial charge in [0.1, 0.15) is 12.4 Å². The van der Waals surface area contributed by atoms with Crippen molar-refractivity contribution < 1.29 is 14.7 Å². The lowest BCUT2D eigenvalue weighted by Gasteiger charge is -2.19. The van der Waals surface area contributed by atoms with Crippen molar-refractivity contribution in [3.05, 3.63) is 74.4 Å². The normalized spacial score (nSPS) is 16.1. The summed E-state index contributed by atoms with van der Waals surface area (Å²) in [4.78, 5) is 52.2. The Kier molecular flexibility index (Phi) is 3.33. The van der Waals surface area contributed by atoms with Crippen LogP contribution in [-0.4, -0.2) is 31.0 Å². The van der Waals surface area contributed by atoms with Crippen molar-refractivity contribution in [3.63, 3.8) is 0 Å². The van der Waals surface area contributed by atoms with E-state index < -0.39 is 23.1 Å². The summed E-state index contributed by atoms with van der Waals surface area (Å²) in [5.74, 6) is -1.06. The predicted molar refractivity (Wildman–Crippen MR) is 99.3 cm³/mol. The number of carbonyl (C=O) groups excluding carboxylic acids is 2. The van der Waals surface area contributed by atoms with Gasteiger partial charge in [-0.2, -0.15) is 0 Å². The monoisotopic (exact) mass is 377 g/mol. The molecular formula is C20H15N3O5. The zero-order chi connectivity index (χ0) is 19.6. The summed E-state index contributed by atoms with van der Waals surface area (Å²) in [7, 11) is 0. The van der Waals surface area contributed by atoms with E-state index in [0.717, 1.165) is 9.47 Å². The molecule has 2 aliphatic rings. The van der Waals surface area contributed by atoms with Crippen LogP contribution in [0, 0.1) is 0 Å². The van der Waals surface area contributed by atoms with Gasteiger partial charge in [0.15, 0.2) is 0 Å². The SMILES string of the molecule is O=C1c2ccccc2C(=O)N1Cn1c(=O)n(C2CC2)c(=O)c2cc(O)ccc21. The zero-order valence-corrected chi connectivity index (χ0v) is 14.7. The van der Waals surface area contributed by atoms with Gasteiger partial charge in [-0.05, 0) is 43.2 Å². The number of aromatic hydroxyl groups is 1. The third kappa shape index (κ3) is 2.24. The van der Waals surface area contributed by atoms with Crippen LogP contribution in [0.2, 0.25) is 0 Å². The number of phenols is 1. The fourth-order valence-corrected chi connectivity index (χ4v) is 3.68. The molecule has 2 heterocycles. The van der Waals surface area contributed by atoms with Crippen LogP contribution in [0.25, 0.3) is 10.9 Å². The van der Waals surface area contributed by atoms with E-state index in [1.807, 2.05) is 0 Å². The van der Waals surface area contributed by atoms with E-state index in [1.165, 1.54) is 22.8 Å². The molecule has 0 bridgehead atoms. The molecule has 1 aliphatic carbocycles. The lowest BCUT2D eigenvalue weighted by molar-refractivity contribution is 0.0605. The number of hydrogen-bond acceptors (Lipinski definition) is 5. The second-order valence-corrected chi connectivity index (χ2v) is 7.04. The Bertz CT molecular complexity index is 1260. The first-order valence-electron chi connectivity index (χ1n) is 8.90. The summed E-state index contributed by atoms with van der Waals surface area (Å²) in [6, 6.07) is 10.4. The van der Waals surface area contributed by atoms with Crippen LogP contribution in [0.4, 0.5) is 0 Å². The second-order valence-electron chi connectivity index (χ2n) is 7.04. The van der Waals surface area contributed by atoms with Gasteiger partial charge >= 0.3 is 5.69 Å². The van der Waals surface area contributed by atoms with Crippen molar-refractivity contribution in [2.45, 2.75) is 25.6 Å². The van der Waals surface area contributed by atoms with Crippen LogP contribution in [0.15, 0.2) is 52.1 Å². The topological polar surface area (TPSA) is 102 Å². The molecule has 0 radical (unpaired) electrons. The summed E-state index contributed by atoms with van der Waals surface area (Å²) in [5.41, 5.74) is -0.198. The van der Waals surface area contributed by atoms with Crippen molar-refractivity contribution in [1.29, 1.82) is 0 Å². The van der Waals surface area contributed by atoms with Crippen LogP contribution in [-0.2, 0) is 6.67 Å². The number of aromatic nitrogens is 2. The molecule has 5 rings (SSSR count). The van der Waals surface area contributed by atoms with Gasteiger partial charge in [0, 0.05) is 6.04 Å². The van der Waals surface area contributed by atoms with Gasteiger partial charge < -0.3 is 5.11 Å². The first kappa shape index (κ1) is 16.5. The van der Waals surface area contributed by atoms with Crippen molar-refractivity contribution >= 4 is 22.7 Å². The Morgan fingerprint density at radius 2 is 1.57 bits per heavy atom. The summed E-state index contributed by atoms with van der Waals surface area (Å²) in [5, 5.41) is 9.96. The molecule has 0 atom stereocenters. The maximum atomic E-state index is 13.1. The van der Waals surface area contributed by atoms with E-state index in [2.05, 4.69) is 0 Å². The highest BCUT2D eigenvalue weighted by Crippen LogP contribution is 2.33. The van der Waals surface area contributed by atoms with Gasteiger partial charge in [0.25, 0.3) is 17.4 Å². The van der Waals surface area contributed by atoms with E-state index in [9.17, 15) is 24.3 Å². The zero-order valence-electron chi connectivity index (χ0n) is 14.7. The smallest absolute Gasteiger partial charge is 0.333 e. The highest BCUT2D eigenvalue weighted by Gasteiger charge is 2.36. The molecule has 2 amide bonds. The van der Waals surface area contributed by atoms with Gasteiger partial charge in [-0.15, -0.1) is 0 Å². The Hall–Kier alpha value is -3.68. The van der Waals surface area contributed by atoms with E-state index in [-0.39, 0.29) is 40.5 Å². The quantitative estimate of drug-likeness (QED) is 0.697. The molecule has 28 heavy (non-hydrogen) atoms. The molecule has 3 aromatic rings. The standard InChI is InChI=1S/C20H15N3O5/c24-12-7-8-16-15(9-12)19(27)23(11-5-6-11)20(28)21(16)10-22-17(25)13-3-1-2-4-14(13)18(22)26/h1-4,7-9,11,24H,5-6,10H2. The number of amides is 2. The molecule has 8 heteroatoms. The molecular weight excluding hydrogens is 362 g/mol. The van der Waals surface area contributed by atoms with Gasteiger partial charge in [-0.25, -0.2) is 4.79 Å². The first-order chi connectivity index (χ1) is 13.5.